The fourth-order valence-electron chi connectivity index (χ4n) is 3.00. The molecule has 0 radical (unpaired) electrons. The molecule has 0 spiro atoms. The smallest absolute Gasteiger partial charge is 0.187 e. The van der Waals surface area contributed by atoms with Gasteiger partial charge in [0.25, 0.3) is 0 Å². The van der Waals surface area contributed by atoms with E-state index in [1.165, 1.54) is 37.2 Å². The van der Waals surface area contributed by atoms with Crippen LogP contribution in [0, 0.1) is 5.92 Å². The topological polar surface area (TPSA) is 76.3 Å². The van der Waals surface area contributed by atoms with Gasteiger partial charge in [0.1, 0.15) is 9.90 Å². The van der Waals surface area contributed by atoms with Crippen molar-refractivity contribution < 1.29 is 8.42 Å². The van der Waals surface area contributed by atoms with E-state index in [2.05, 4.69) is 4.37 Å². The van der Waals surface area contributed by atoms with Crippen molar-refractivity contribution in [1.82, 2.24) is 4.37 Å². The predicted octanol–water partition coefficient (Wildman–Crippen LogP) is 2.29. The Morgan fingerprint density at radius 3 is 2.55 bits per heavy atom. The van der Waals surface area contributed by atoms with E-state index < -0.39 is 9.84 Å². The highest BCUT2D eigenvalue weighted by Gasteiger charge is 2.41. The molecule has 2 N–H and O–H groups in total. The molecule has 20 heavy (non-hydrogen) atoms. The van der Waals surface area contributed by atoms with Crippen LogP contribution in [0.2, 0.25) is 0 Å². The highest BCUT2D eigenvalue weighted by Crippen LogP contribution is 2.42. The lowest BCUT2D eigenvalue weighted by Gasteiger charge is -2.22. The Morgan fingerprint density at radius 2 is 1.95 bits per heavy atom. The molecule has 0 unspecified atom stereocenters. The van der Waals surface area contributed by atoms with E-state index in [0.29, 0.717) is 5.92 Å². The normalized spacial score (nSPS) is 20.4. The van der Waals surface area contributed by atoms with Gasteiger partial charge in [-0.05, 0) is 43.1 Å². The zero-order valence-electron chi connectivity index (χ0n) is 11.7. The first kappa shape index (κ1) is 14.1. The highest BCUT2D eigenvalue weighted by molar-refractivity contribution is 7.92. The Labute approximate surface area is 124 Å². The molecule has 0 saturated heterocycles. The molecule has 0 amide bonds. The van der Waals surface area contributed by atoms with Gasteiger partial charge in [-0.25, -0.2) is 8.42 Å². The van der Waals surface area contributed by atoms with Gasteiger partial charge in [-0.1, -0.05) is 12.8 Å². The molecule has 2 aliphatic rings. The van der Waals surface area contributed by atoms with Crippen LogP contribution in [0.1, 0.15) is 38.5 Å². The fraction of sp³-hybridized carbons (Fsp3) is 0.769. The maximum atomic E-state index is 12.5. The first-order valence-corrected chi connectivity index (χ1v) is 9.52. The second-order valence-corrected chi connectivity index (χ2v) is 8.89. The Hall–Kier alpha value is -0.820. The molecule has 1 aromatic rings. The largest absolute Gasteiger partial charge is 0.382 e. The highest BCUT2D eigenvalue weighted by atomic mass is 32.2. The van der Waals surface area contributed by atoms with Crippen LogP contribution < -0.4 is 10.6 Å². The zero-order chi connectivity index (χ0) is 14.3. The van der Waals surface area contributed by atoms with E-state index >= 15 is 0 Å². The van der Waals surface area contributed by atoms with Gasteiger partial charge >= 0.3 is 0 Å². The molecule has 0 atom stereocenters. The predicted molar refractivity (Wildman–Crippen MR) is 82.0 cm³/mol. The van der Waals surface area contributed by atoms with E-state index in [-0.39, 0.29) is 16.0 Å². The number of nitrogen functional groups attached to an aromatic ring is 1. The van der Waals surface area contributed by atoms with Crippen molar-refractivity contribution >= 4 is 32.2 Å². The summed E-state index contributed by atoms with van der Waals surface area (Å²) in [7, 11) is -1.33. The van der Waals surface area contributed by atoms with Crippen LogP contribution >= 0.6 is 11.5 Å². The molecular formula is C13H21N3O2S2. The van der Waals surface area contributed by atoms with Gasteiger partial charge in [0.2, 0.25) is 0 Å². The van der Waals surface area contributed by atoms with Crippen LogP contribution in [0.5, 0.6) is 0 Å². The minimum absolute atomic E-state index is 0.176. The quantitative estimate of drug-likeness (QED) is 0.902. The van der Waals surface area contributed by atoms with Crippen LogP contribution in [-0.4, -0.2) is 31.6 Å². The summed E-state index contributed by atoms with van der Waals surface area (Å²) >= 11 is 1.21. The molecule has 5 nitrogen and oxygen atoms in total. The SMILES string of the molecule is CN(CC1CCCC1)c1snc(N)c1S(=O)(=O)C1CC1. The van der Waals surface area contributed by atoms with E-state index in [1.807, 2.05) is 11.9 Å². The molecule has 2 saturated carbocycles. The minimum Gasteiger partial charge on any atom is -0.382 e. The lowest BCUT2D eigenvalue weighted by atomic mass is 10.1. The summed E-state index contributed by atoms with van der Waals surface area (Å²) in [5.41, 5.74) is 5.83. The van der Waals surface area contributed by atoms with E-state index in [0.717, 1.165) is 24.4 Å². The molecule has 2 fully saturated rings. The summed E-state index contributed by atoms with van der Waals surface area (Å²) in [5.74, 6) is 0.843. The summed E-state index contributed by atoms with van der Waals surface area (Å²) in [6.45, 7) is 0.898. The molecule has 7 heteroatoms. The molecule has 0 aliphatic heterocycles. The summed E-state index contributed by atoms with van der Waals surface area (Å²) in [5, 5.41) is 0.487. The maximum Gasteiger partial charge on any atom is 0.187 e. The molecular weight excluding hydrogens is 294 g/mol. The summed E-state index contributed by atoms with van der Waals surface area (Å²) < 4.78 is 29.1. The van der Waals surface area contributed by atoms with Crippen molar-refractivity contribution in [3.63, 3.8) is 0 Å². The number of rotatable bonds is 5. The van der Waals surface area contributed by atoms with E-state index in [1.54, 1.807) is 0 Å². The zero-order valence-corrected chi connectivity index (χ0v) is 13.3. The Kier molecular flexibility index (Phi) is 3.66. The van der Waals surface area contributed by atoms with Crippen LogP contribution in [0.15, 0.2) is 4.90 Å². The van der Waals surface area contributed by atoms with Gasteiger partial charge in [-0.3, -0.25) is 0 Å². The molecule has 1 heterocycles. The van der Waals surface area contributed by atoms with Gasteiger partial charge in [-0.15, -0.1) is 0 Å². The first-order valence-electron chi connectivity index (χ1n) is 7.20. The van der Waals surface area contributed by atoms with Crippen LogP contribution in [0.3, 0.4) is 0 Å². The summed E-state index contributed by atoms with van der Waals surface area (Å²) in [6, 6.07) is 0. The Balaban J connectivity index is 1.86. The second-order valence-electron chi connectivity index (χ2n) is 5.98. The number of nitrogens with zero attached hydrogens (tertiary/aromatic N) is 2. The average Bonchev–Trinajstić information content (AvgIpc) is 3.01. The lowest BCUT2D eigenvalue weighted by Crippen LogP contribution is -2.25. The van der Waals surface area contributed by atoms with Crippen LogP contribution in [-0.2, 0) is 9.84 Å². The first-order chi connectivity index (χ1) is 9.50. The molecule has 0 aromatic carbocycles. The number of nitrogens with two attached hydrogens (primary N) is 1. The van der Waals surface area contributed by atoms with Gasteiger partial charge in [0.05, 0.1) is 5.25 Å². The third-order valence-electron chi connectivity index (χ3n) is 4.26. The standard InChI is InChI=1S/C13H21N3O2S2/c1-16(8-9-4-2-3-5-9)13-11(12(14)15-19-13)20(17,18)10-6-7-10/h9-10H,2-8H2,1H3,(H2,14,15). The van der Waals surface area contributed by atoms with E-state index in [4.69, 9.17) is 5.73 Å². The minimum atomic E-state index is -3.28. The van der Waals surface area contributed by atoms with Crippen molar-refractivity contribution in [1.29, 1.82) is 0 Å². The third kappa shape index (κ3) is 2.53. The lowest BCUT2D eigenvalue weighted by molar-refractivity contribution is 0.546. The number of hydrogen-bond donors (Lipinski definition) is 1. The molecule has 1 aromatic heterocycles. The van der Waals surface area contributed by atoms with Crippen LogP contribution in [0.25, 0.3) is 0 Å². The summed E-state index contributed by atoms with van der Waals surface area (Å²) in [4.78, 5) is 2.32. The van der Waals surface area contributed by atoms with Gasteiger partial charge in [-0.2, -0.15) is 4.37 Å². The van der Waals surface area contributed by atoms with E-state index in [9.17, 15) is 8.42 Å². The average molecular weight is 315 g/mol. The van der Waals surface area contributed by atoms with Crippen LogP contribution in [0.4, 0.5) is 10.8 Å². The molecule has 0 bridgehead atoms. The van der Waals surface area contributed by atoms with Crippen molar-refractivity contribution in [2.45, 2.75) is 48.7 Å². The third-order valence-corrected chi connectivity index (χ3v) is 7.69. The molecule has 112 valence electrons. The van der Waals surface area contributed by atoms with Crippen molar-refractivity contribution in [2.24, 2.45) is 5.92 Å². The van der Waals surface area contributed by atoms with Crippen molar-refractivity contribution in [3.8, 4) is 0 Å². The van der Waals surface area contributed by atoms with Gasteiger partial charge < -0.3 is 10.6 Å². The monoisotopic (exact) mass is 315 g/mol. The Morgan fingerprint density at radius 1 is 1.30 bits per heavy atom. The number of anilines is 2. The van der Waals surface area contributed by atoms with Gasteiger partial charge in [0.15, 0.2) is 15.7 Å². The maximum absolute atomic E-state index is 12.5. The summed E-state index contributed by atoms with van der Waals surface area (Å²) in [6.07, 6.45) is 6.56. The Bertz CT molecular complexity index is 587. The number of sulfone groups is 1. The second kappa shape index (κ2) is 5.18. The number of aromatic nitrogens is 1. The van der Waals surface area contributed by atoms with Crippen molar-refractivity contribution in [3.05, 3.63) is 0 Å². The number of hydrogen-bond acceptors (Lipinski definition) is 6. The molecule has 3 rings (SSSR count). The van der Waals surface area contributed by atoms with Crippen molar-refractivity contribution in [2.75, 3.05) is 24.2 Å². The molecule has 2 aliphatic carbocycles. The fourth-order valence-corrected chi connectivity index (χ4v) is 6.03. The van der Waals surface area contributed by atoms with Gasteiger partial charge in [0, 0.05) is 13.6 Å².